The molecule has 19 heavy (non-hydrogen) atoms. The van der Waals surface area contributed by atoms with Gasteiger partial charge in [0.2, 0.25) is 5.91 Å². The highest BCUT2D eigenvalue weighted by Gasteiger charge is 2.18. The van der Waals surface area contributed by atoms with E-state index in [2.05, 4.69) is 15.6 Å². The number of hydrogen-bond donors (Lipinski definition) is 2. The van der Waals surface area contributed by atoms with Gasteiger partial charge in [-0.2, -0.15) is 0 Å². The van der Waals surface area contributed by atoms with Gasteiger partial charge in [0.15, 0.2) is 0 Å². The summed E-state index contributed by atoms with van der Waals surface area (Å²) in [6.45, 7) is 6.99. The Morgan fingerprint density at radius 2 is 2.00 bits per heavy atom. The molecule has 0 spiro atoms. The average molecular weight is 261 g/mol. The molecule has 0 unspecified atom stereocenters. The van der Waals surface area contributed by atoms with Crippen LogP contribution in [-0.2, 0) is 9.59 Å². The number of nitrogens with zero attached hydrogens (tertiary/aromatic N) is 1. The van der Waals surface area contributed by atoms with Crippen LogP contribution in [-0.4, -0.2) is 22.3 Å². The number of hydrogen-bond acceptors (Lipinski definition) is 3. The van der Waals surface area contributed by atoms with Crippen LogP contribution in [0, 0.1) is 0 Å². The minimum Gasteiger partial charge on any atom is -0.346 e. The molecule has 0 bridgehead atoms. The van der Waals surface area contributed by atoms with E-state index in [9.17, 15) is 9.59 Å². The van der Waals surface area contributed by atoms with Crippen LogP contribution in [0.15, 0.2) is 30.2 Å². The van der Waals surface area contributed by atoms with Crippen LogP contribution in [0.2, 0.25) is 0 Å². The summed E-state index contributed by atoms with van der Waals surface area (Å²) < 4.78 is 0. The van der Waals surface area contributed by atoms with Crippen molar-refractivity contribution < 1.29 is 9.59 Å². The summed E-state index contributed by atoms with van der Waals surface area (Å²) >= 11 is 0. The van der Waals surface area contributed by atoms with E-state index in [0.717, 1.165) is 5.56 Å². The highest BCUT2D eigenvalue weighted by Crippen LogP contribution is 2.06. The summed E-state index contributed by atoms with van der Waals surface area (Å²) in [5, 5.41) is 5.34. The Labute approximate surface area is 113 Å². The molecular weight excluding hydrogens is 242 g/mol. The monoisotopic (exact) mass is 261 g/mol. The van der Waals surface area contributed by atoms with Gasteiger partial charge in [0.25, 0.3) is 5.91 Å². The van der Waals surface area contributed by atoms with Gasteiger partial charge in [-0.25, -0.2) is 0 Å². The first-order chi connectivity index (χ1) is 8.78. The summed E-state index contributed by atoms with van der Waals surface area (Å²) in [6.07, 6.45) is 4.85. The van der Waals surface area contributed by atoms with Gasteiger partial charge in [-0.05, 0) is 38.5 Å². The zero-order valence-corrected chi connectivity index (χ0v) is 11.7. The molecule has 0 aliphatic carbocycles. The molecule has 1 aromatic rings. The van der Waals surface area contributed by atoms with Gasteiger partial charge in [-0.15, -0.1) is 0 Å². The summed E-state index contributed by atoms with van der Waals surface area (Å²) in [5.41, 5.74) is 0.578. The smallest absolute Gasteiger partial charge is 0.268 e. The minimum atomic E-state index is -0.371. The highest BCUT2D eigenvalue weighted by molar-refractivity contribution is 6.01. The maximum atomic E-state index is 12.1. The van der Waals surface area contributed by atoms with Crippen molar-refractivity contribution in [1.82, 2.24) is 15.6 Å². The van der Waals surface area contributed by atoms with Crippen molar-refractivity contribution in [3.63, 3.8) is 0 Å². The van der Waals surface area contributed by atoms with Crippen LogP contribution in [0.5, 0.6) is 0 Å². The molecule has 0 saturated heterocycles. The van der Waals surface area contributed by atoms with E-state index in [1.54, 1.807) is 30.6 Å². The largest absolute Gasteiger partial charge is 0.346 e. The lowest BCUT2D eigenvalue weighted by Gasteiger charge is -2.21. The number of rotatable bonds is 3. The molecule has 1 heterocycles. The van der Waals surface area contributed by atoms with E-state index >= 15 is 0 Å². The van der Waals surface area contributed by atoms with Crippen LogP contribution in [0.3, 0.4) is 0 Å². The fourth-order valence-electron chi connectivity index (χ4n) is 1.38. The van der Waals surface area contributed by atoms with Crippen LogP contribution in [0.4, 0.5) is 0 Å². The van der Waals surface area contributed by atoms with E-state index in [1.165, 1.54) is 6.92 Å². The first-order valence-corrected chi connectivity index (χ1v) is 6.00. The second-order valence-electron chi connectivity index (χ2n) is 5.23. The van der Waals surface area contributed by atoms with Crippen molar-refractivity contribution in [3.05, 3.63) is 35.8 Å². The minimum absolute atomic E-state index is 0.204. The molecule has 2 amide bonds. The Kier molecular flexibility index (Phi) is 4.80. The average Bonchev–Trinajstić information content (AvgIpc) is 2.26. The predicted octanol–water partition coefficient (Wildman–Crippen LogP) is 1.47. The topological polar surface area (TPSA) is 71.1 Å². The molecule has 1 aromatic heterocycles. The van der Waals surface area contributed by atoms with Crippen LogP contribution >= 0.6 is 0 Å². The Bertz CT molecular complexity index is 487. The number of carbonyl (C=O) groups is 2. The van der Waals surface area contributed by atoms with Gasteiger partial charge in [-0.1, -0.05) is 6.07 Å². The third kappa shape index (κ3) is 5.81. The van der Waals surface area contributed by atoms with Gasteiger partial charge >= 0.3 is 0 Å². The Balaban J connectivity index is 2.98. The van der Waals surface area contributed by atoms with Crippen molar-refractivity contribution in [1.29, 1.82) is 0 Å². The Hall–Kier alpha value is -2.17. The van der Waals surface area contributed by atoms with Gasteiger partial charge in [0.05, 0.1) is 0 Å². The van der Waals surface area contributed by atoms with Crippen LogP contribution in [0.1, 0.15) is 33.3 Å². The molecule has 102 valence electrons. The molecule has 5 heteroatoms. The zero-order chi connectivity index (χ0) is 14.5. The quantitative estimate of drug-likeness (QED) is 0.809. The fraction of sp³-hybridized carbons (Fsp3) is 0.357. The van der Waals surface area contributed by atoms with E-state index in [4.69, 9.17) is 0 Å². The molecule has 2 N–H and O–H groups in total. The molecular formula is C14H19N3O2. The lowest BCUT2D eigenvalue weighted by molar-refractivity contribution is -0.123. The third-order valence-electron chi connectivity index (χ3n) is 2.04. The first-order valence-electron chi connectivity index (χ1n) is 6.00. The molecule has 0 fully saturated rings. The molecule has 5 nitrogen and oxygen atoms in total. The third-order valence-corrected chi connectivity index (χ3v) is 2.04. The predicted molar refractivity (Wildman–Crippen MR) is 73.9 cm³/mol. The van der Waals surface area contributed by atoms with Gasteiger partial charge in [-0.3, -0.25) is 14.6 Å². The number of pyridine rings is 1. The molecule has 1 rings (SSSR count). The summed E-state index contributed by atoms with van der Waals surface area (Å²) in [6, 6.07) is 3.57. The molecule has 0 aliphatic rings. The fourth-order valence-corrected chi connectivity index (χ4v) is 1.38. The van der Waals surface area contributed by atoms with Gasteiger partial charge in [0, 0.05) is 24.9 Å². The highest BCUT2D eigenvalue weighted by atomic mass is 16.2. The molecule has 0 saturated carbocycles. The van der Waals surface area contributed by atoms with Crippen molar-refractivity contribution in [2.75, 3.05) is 0 Å². The summed E-state index contributed by atoms with van der Waals surface area (Å²) in [7, 11) is 0. The Morgan fingerprint density at radius 1 is 1.32 bits per heavy atom. The maximum absolute atomic E-state index is 12.1. The van der Waals surface area contributed by atoms with Crippen molar-refractivity contribution in [3.8, 4) is 0 Å². The lowest BCUT2D eigenvalue weighted by Crippen LogP contribution is -2.44. The molecule has 0 aliphatic heterocycles. The Morgan fingerprint density at radius 3 is 2.47 bits per heavy atom. The van der Waals surface area contributed by atoms with Gasteiger partial charge < -0.3 is 10.6 Å². The van der Waals surface area contributed by atoms with E-state index in [1.807, 2.05) is 20.8 Å². The lowest BCUT2D eigenvalue weighted by atomic mass is 10.1. The maximum Gasteiger partial charge on any atom is 0.268 e. The summed E-state index contributed by atoms with van der Waals surface area (Å²) in [5.74, 6) is -0.620. The van der Waals surface area contributed by atoms with Crippen LogP contribution in [0.25, 0.3) is 6.08 Å². The van der Waals surface area contributed by atoms with E-state index in [-0.39, 0.29) is 23.1 Å². The van der Waals surface area contributed by atoms with Crippen molar-refractivity contribution >= 4 is 17.9 Å². The normalized spacial score (nSPS) is 11.9. The number of aromatic nitrogens is 1. The van der Waals surface area contributed by atoms with E-state index < -0.39 is 0 Å². The van der Waals surface area contributed by atoms with Crippen molar-refractivity contribution in [2.24, 2.45) is 0 Å². The number of amides is 2. The van der Waals surface area contributed by atoms with Crippen LogP contribution < -0.4 is 10.6 Å². The second kappa shape index (κ2) is 6.13. The van der Waals surface area contributed by atoms with Crippen molar-refractivity contribution in [2.45, 2.75) is 33.2 Å². The zero-order valence-electron chi connectivity index (χ0n) is 11.7. The molecule has 0 radical (unpaired) electrons. The van der Waals surface area contributed by atoms with Gasteiger partial charge in [0.1, 0.15) is 5.70 Å². The number of carbonyl (C=O) groups excluding carboxylic acids is 2. The number of nitrogens with one attached hydrogen (secondary N) is 2. The molecule has 0 atom stereocenters. The first kappa shape index (κ1) is 14.9. The SMILES string of the molecule is CC(=O)N/C(=C\c1cccnc1)C(=O)NC(C)(C)C. The second-order valence-corrected chi connectivity index (χ2v) is 5.23. The molecule has 0 aromatic carbocycles. The standard InChI is InChI=1S/C14H19N3O2/c1-10(18)16-12(13(19)17-14(2,3)4)8-11-6-5-7-15-9-11/h5-9H,1-4H3,(H,16,18)(H,17,19)/b12-8-. The summed E-state index contributed by atoms with van der Waals surface area (Å²) in [4.78, 5) is 27.2. The van der Waals surface area contributed by atoms with E-state index in [0.29, 0.717) is 0 Å².